The van der Waals surface area contributed by atoms with Crippen LogP contribution in [-0.4, -0.2) is 44.0 Å². The molecule has 0 radical (unpaired) electrons. The number of aliphatic hydroxyl groups is 1. The molecule has 0 bridgehead atoms. The lowest BCUT2D eigenvalue weighted by Crippen LogP contribution is -2.30. The summed E-state index contributed by atoms with van der Waals surface area (Å²) in [6, 6.07) is 6.76. The monoisotopic (exact) mass is 379 g/mol. The Morgan fingerprint density at radius 2 is 2.04 bits per heavy atom. The third kappa shape index (κ3) is 3.44. The minimum Gasteiger partial charge on any atom is -0.491 e. The van der Waals surface area contributed by atoms with Gasteiger partial charge in [0, 0.05) is 19.1 Å². The number of fused-ring (bicyclic) bond motifs is 1. The van der Waals surface area contributed by atoms with Gasteiger partial charge in [-0.2, -0.15) is 4.98 Å². The summed E-state index contributed by atoms with van der Waals surface area (Å²) in [4.78, 5) is 30.4. The van der Waals surface area contributed by atoms with Crippen molar-refractivity contribution in [2.45, 2.75) is 12.6 Å². The lowest BCUT2D eigenvalue weighted by Gasteiger charge is -2.15. The Hall–Kier alpha value is -2.78. The molecular weight excluding hydrogens is 362 g/mol. The highest BCUT2D eigenvalue weighted by molar-refractivity contribution is 6.30. The Bertz CT molecular complexity index is 1040. The van der Waals surface area contributed by atoms with Gasteiger partial charge in [-0.1, -0.05) is 11.6 Å². The number of H-pyrrole nitrogens is 1. The van der Waals surface area contributed by atoms with Crippen molar-refractivity contribution in [2.24, 2.45) is 7.05 Å². The summed E-state index contributed by atoms with van der Waals surface area (Å²) in [5, 5.41) is 13.8. The molecule has 0 aliphatic carbocycles. The zero-order chi connectivity index (χ0) is 18.8. The number of aromatic nitrogens is 4. The van der Waals surface area contributed by atoms with Crippen molar-refractivity contribution < 1.29 is 9.84 Å². The number of rotatable bonds is 6. The number of nitrogens with zero attached hydrogens (tertiary/aromatic N) is 3. The average molecular weight is 380 g/mol. The van der Waals surface area contributed by atoms with Gasteiger partial charge in [0.25, 0.3) is 5.56 Å². The molecule has 0 saturated carbocycles. The Morgan fingerprint density at radius 1 is 1.35 bits per heavy atom. The van der Waals surface area contributed by atoms with Crippen molar-refractivity contribution in [1.29, 1.82) is 0 Å². The van der Waals surface area contributed by atoms with Crippen LogP contribution in [0.2, 0.25) is 5.02 Å². The predicted molar refractivity (Wildman–Crippen MR) is 98.1 cm³/mol. The maximum atomic E-state index is 12.2. The Balaban J connectivity index is 1.85. The van der Waals surface area contributed by atoms with Crippen LogP contribution in [0.4, 0.5) is 5.95 Å². The van der Waals surface area contributed by atoms with E-state index in [1.165, 1.54) is 16.2 Å². The topological polar surface area (TPSA) is 114 Å². The predicted octanol–water partition coefficient (Wildman–Crippen LogP) is 0.558. The van der Waals surface area contributed by atoms with E-state index in [4.69, 9.17) is 16.3 Å². The number of aromatic amines is 1. The summed E-state index contributed by atoms with van der Waals surface area (Å²) in [5.41, 5.74) is -0.694. The smallest absolute Gasteiger partial charge is 0.329 e. The molecular formula is C16H18ClN5O4. The van der Waals surface area contributed by atoms with Crippen molar-refractivity contribution >= 4 is 28.7 Å². The number of ether oxygens (including phenoxy) is 1. The van der Waals surface area contributed by atoms with Gasteiger partial charge in [-0.15, -0.1) is 0 Å². The van der Waals surface area contributed by atoms with E-state index in [1.54, 1.807) is 31.3 Å². The molecule has 3 rings (SSSR count). The third-order valence-electron chi connectivity index (χ3n) is 3.88. The van der Waals surface area contributed by atoms with Gasteiger partial charge < -0.3 is 19.7 Å². The van der Waals surface area contributed by atoms with E-state index < -0.39 is 17.4 Å². The fourth-order valence-electron chi connectivity index (χ4n) is 2.59. The molecule has 0 saturated heterocycles. The van der Waals surface area contributed by atoms with Gasteiger partial charge in [-0.3, -0.25) is 14.3 Å². The lowest BCUT2D eigenvalue weighted by atomic mass is 10.3. The van der Waals surface area contributed by atoms with E-state index in [-0.39, 0.29) is 24.3 Å². The zero-order valence-corrected chi connectivity index (χ0v) is 14.9. The fraction of sp³-hybridized carbons (Fsp3) is 0.312. The molecule has 3 aromatic rings. The number of benzene rings is 1. The summed E-state index contributed by atoms with van der Waals surface area (Å²) < 4.78 is 8.28. The van der Waals surface area contributed by atoms with Crippen LogP contribution in [0.3, 0.4) is 0 Å². The minimum absolute atomic E-state index is 0.00806. The summed E-state index contributed by atoms with van der Waals surface area (Å²) >= 11 is 5.82. The van der Waals surface area contributed by atoms with Crippen LogP contribution in [0.5, 0.6) is 5.75 Å². The summed E-state index contributed by atoms with van der Waals surface area (Å²) in [6.45, 7) is 0.0652. The summed E-state index contributed by atoms with van der Waals surface area (Å²) in [5.74, 6) is 0.926. The zero-order valence-electron chi connectivity index (χ0n) is 14.2. The van der Waals surface area contributed by atoms with Crippen molar-refractivity contribution in [3.05, 3.63) is 50.1 Å². The van der Waals surface area contributed by atoms with E-state index in [0.717, 1.165) is 0 Å². The van der Waals surface area contributed by atoms with Crippen molar-refractivity contribution in [1.82, 2.24) is 19.1 Å². The van der Waals surface area contributed by atoms with Crippen molar-refractivity contribution in [2.75, 3.05) is 19.0 Å². The standard InChI is InChI=1S/C16H18ClN5O4/c1-18-15-19-13-12(14(24)20-16(25)21(13)2)22(15)7-10(23)8-26-11-5-3-9(17)4-6-11/h3-6,10,23H,7-8H2,1-2H3,(H,18,19)(H,20,24,25)/t10-/m1/s1. The number of anilines is 1. The van der Waals surface area contributed by atoms with Gasteiger partial charge in [-0.25, -0.2) is 4.79 Å². The van der Waals surface area contributed by atoms with E-state index in [1.807, 2.05) is 0 Å². The van der Waals surface area contributed by atoms with Gasteiger partial charge >= 0.3 is 5.69 Å². The molecule has 0 unspecified atom stereocenters. The first-order valence-corrected chi connectivity index (χ1v) is 8.22. The van der Waals surface area contributed by atoms with Gasteiger partial charge in [0.15, 0.2) is 11.2 Å². The largest absolute Gasteiger partial charge is 0.491 e. The van der Waals surface area contributed by atoms with Crippen LogP contribution in [0.25, 0.3) is 11.2 Å². The van der Waals surface area contributed by atoms with E-state index >= 15 is 0 Å². The summed E-state index contributed by atoms with van der Waals surface area (Å²) in [7, 11) is 3.15. The number of nitrogens with one attached hydrogen (secondary N) is 2. The van der Waals surface area contributed by atoms with Crippen LogP contribution in [0, 0.1) is 0 Å². The van der Waals surface area contributed by atoms with Crippen LogP contribution >= 0.6 is 11.6 Å². The highest BCUT2D eigenvalue weighted by atomic mass is 35.5. The molecule has 0 aliphatic heterocycles. The number of imidazole rings is 1. The first-order chi connectivity index (χ1) is 12.4. The lowest BCUT2D eigenvalue weighted by molar-refractivity contribution is 0.0938. The van der Waals surface area contributed by atoms with Gasteiger partial charge in [0.1, 0.15) is 18.5 Å². The van der Waals surface area contributed by atoms with Crippen molar-refractivity contribution in [3.63, 3.8) is 0 Å². The Kier molecular flexibility index (Phi) is 5.01. The number of halogens is 1. The molecule has 0 spiro atoms. The SMILES string of the molecule is CNc1nc2c(c(=O)[nH]c(=O)n2C)n1C[C@@H](O)COc1ccc(Cl)cc1. The number of hydrogen-bond donors (Lipinski definition) is 3. The van der Waals surface area contributed by atoms with Gasteiger partial charge in [0.2, 0.25) is 5.95 Å². The van der Waals surface area contributed by atoms with E-state index in [9.17, 15) is 14.7 Å². The molecule has 2 heterocycles. The van der Waals surface area contributed by atoms with Crippen molar-refractivity contribution in [3.8, 4) is 5.75 Å². The molecule has 10 heteroatoms. The molecule has 138 valence electrons. The number of aryl methyl sites for hydroxylation is 1. The second-order valence-electron chi connectivity index (χ2n) is 5.71. The van der Waals surface area contributed by atoms with Crippen LogP contribution in [-0.2, 0) is 13.6 Å². The van der Waals surface area contributed by atoms with Crippen LogP contribution < -0.4 is 21.3 Å². The molecule has 0 fully saturated rings. The second kappa shape index (κ2) is 7.22. The quantitative estimate of drug-likeness (QED) is 0.576. The molecule has 0 aliphatic rings. The molecule has 2 aromatic heterocycles. The molecule has 1 aromatic carbocycles. The van der Waals surface area contributed by atoms with Crippen LogP contribution in [0.1, 0.15) is 0 Å². The maximum absolute atomic E-state index is 12.2. The first-order valence-electron chi connectivity index (χ1n) is 7.84. The number of hydrogen-bond acceptors (Lipinski definition) is 6. The van der Waals surface area contributed by atoms with Gasteiger partial charge in [-0.05, 0) is 24.3 Å². The molecule has 9 nitrogen and oxygen atoms in total. The molecule has 0 amide bonds. The first kappa shape index (κ1) is 18.0. The molecule has 1 atom stereocenters. The highest BCUT2D eigenvalue weighted by Crippen LogP contribution is 2.17. The van der Waals surface area contributed by atoms with E-state index in [2.05, 4.69) is 15.3 Å². The molecule has 3 N–H and O–H groups in total. The third-order valence-corrected chi connectivity index (χ3v) is 4.13. The van der Waals surface area contributed by atoms with E-state index in [0.29, 0.717) is 16.7 Å². The maximum Gasteiger partial charge on any atom is 0.329 e. The minimum atomic E-state index is -0.910. The van der Waals surface area contributed by atoms with Crippen LogP contribution in [0.15, 0.2) is 33.9 Å². The Labute approximate surface area is 152 Å². The highest BCUT2D eigenvalue weighted by Gasteiger charge is 2.19. The average Bonchev–Trinajstić information content (AvgIpc) is 2.98. The second-order valence-corrected chi connectivity index (χ2v) is 6.14. The molecule has 26 heavy (non-hydrogen) atoms. The number of aliphatic hydroxyl groups excluding tert-OH is 1. The van der Waals surface area contributed by atoms with Gasteiger partial charge in [0.05, 0.1) is 6.54 Å². The Morgan fingerprint density at radius 3 is 2.69 bits per heavy atom. The normalized spacial score (nSPS) is 12.3. The summed E-state index contributed by atoms with van der Waals surface area (Å²) in [6.07, 6.45) is -0.910. The fourth-order valence-corrected chi connectivity index (χ4v) is 2.72.